The van der Waals surface area contributed by atoms with Gasteiger partial charge in [-0.05, 0) is 48.1 Å². The number of amides is 1. The normalized spacial score (nSPS) is 14.4. The highest BCUT2D eigenvalue weighted by molar-refractivity contribution is 7.99. The first-order chi connectivity index (χ1) is 16.2. The van der Waals surface area contributed by atoms with Crippen LogP contribution in [0.5, 0.6) is 0 Å². The summed E-state index contributed by atoms with van der Waals surface area (Å²) in [5.41, 5.74) is 4.38. The summed E-state index contributed by atoms with van der Waals surface area (Å²) in [6.07, 6.45) is 4.70. The van der Waals surface area contributed by atoms with Crippen LogP contribution < -0.4 is 10.2 Å². The van der Waals surface area contributed by atoms with Crippen LogP contribution in [0.25, 0.3) is 11.4 Å². The Kier molecular flexibility index (Phi) is 7.31. The maximum atomic E-state index is 12.6. The molecule has 6 nitrogen and oxygen atoms in total. The van der Waals surface area contributed by atoms with E-state index in [1.54, 1.807) is 0 Å². The van der Waals surface area contributed by atoms with Crippen LogP contribution in [-0.2, 0) is 10.2 Å². The topological polar surface area (TPSA) is 63.1 Å². The lowest BCUT2D eigenvalue weighted by molar-refractivity contribution is -0.113. The third-order valence-electron chi connectivity index (χ3n) is 6.36. The summed E-state index contributed by atoms with van der Waals surface area (Å²) in [7, 11) is 4.00. The molecule has 1 heterocycles. The van der Waals surface area contributed by atoms with Gasteiger partial charge in [0.15, 0.2) is 11.0 Å². The molecule has 1 amide bonds. The number of benzene rings is 2. The standard InChI is InChI=1S/C27H35N5OS/c1-27(2,3)20-12-10-19(11-13-20)25-29-30-26(32(25)23-8-6-7-9-23)34-18-24(33)28-21-14-16-22(17-15-21)31(4)5/h10-17,23H,6-9,18H2,1-5H3,(H,28,33). The fourth-order valence-corrected chi connectivity index (χ4v) is 5.16. The second-order valence-electron chi connectivity index (χ2n) is 10.2. The van der Waals surface area contributed by atoms with Gasteiger partial charge < -0.3 is 10.2 Å². The van der Waals surface area contributed by atoms with E-state index in [1.165, 1.54) is 30.2 Å². The molecule has 0 bridgehead atoms. The highest BCUT2D eigenvalue weighted by Gasteiger charge is 2.25. The molecule has 1 aliphatic carbocycles. The van der Waals surface area contributed by atoms with Crippen molar-refractivity contribution in [1.82, 2.24) is 14.8 Å². The Morgan fingerprint density at radius 2 is 1.68 bits per heavy atom. The predicted molar refractivity (Wildman–Crippen MR) is 142 cm³/mol. The van der Waals surface area contributed by atoms with Crippen LogP contribution in [0.3, 0.4) is 0 Å². The number of carbonyl (C=O) groups is 1. The number of hydrogen-bond acceptors (Lipinski definition) is 5. The van der Waals surface area contributed by atoms with E-state index < -0.39 is 0 Å². The van der Waals surface area contributed by atoms with Crippen LogP contribution >= 0.6 is 11.8 Å². The van der Waals surface area contributed by atoms with Gasteiger partial charge in [0.05, 0.1) is 5.75 Å². The first-order valence-corrected chi connectivity index (χ1v) is 13.0. The highest BCUT2D eigenvalue weighted by Crippen LogP contribution is 2.37. The number of anilines is 2. The fourth-order valence-electron chi connectivity index (χ4n) is 4.35. The van der Waals surface area contributed by atoms with Crippen LogP contribution in [0, 0.1) is 0 Å². The van der Waals surface area contributed by atoms with Gasteiger partial charge in [-0.2, -0.15) is 0 Å². The Morgan fingerprint density at radius 1 is 1.03 bits per heavy atom. The van der Waals surface area contributed by atoms with Crippen molar-refractivity contribution in [3.63, 3.8) is 0 Å². The smallest absolute Gasteiger partial charge is 0.234 e. The SMILES string of the molecule is CN(C)c1ccc(NC(=O)CSc2nnc(-c3ccc(C(C)(C)C)cc3)n2C2CCCC2)cc1. The number of carbonyl (C=O) groups excluding carboxylic acids is 1. The minimum atomic E-state index is -0.0420. The molecule has 2 aromatic carbocycles. The minimum absolute atomic E-state index is 0.0420. The summed E-state index contributed by atoms with van der Waals surface area (Å²) in [6, 6.07) is 16.9. The first kappa shape index (κ1) is 24.3. The fraction of sp³-hybridized carbons (Fsp3) is 0.444. The van der Waals surface area contributed by atoms with Crippen LogP contribution in [0.2, 0.25) is 0 Å². The van der Waals surface area contributed by atoms with Crippen LogP contribution in [0.15, 0.2) is 53.7 Å². The summed E-state index contributed by atoms with van der Waals surface area (Å²) in [5.74, 6) is 1.15. The predicted octanol–water partition coefficient (Wildman–Crippen LogP) is 6.15. The molecule has 1 aliphatic rings. The van der Waals surface area contributed by atoms with Gasteiger partial charge in [0, 0.05) is 37.1 Å². The minimum Gasteiger partial charge on any atom is -0.378 e. The summed E-state index contributed by atoms with van der Waals surface area (Å²) < 4.78 is 2.27. The molecular weight excluding hydrogens is 442 g/mol. The van der Waals surface area contributed by atoms with E-state index in [2.05, 4.69) is 65.1 Å². The van der Waals surface area contributed by atoms with Crippen LogP contribution in [0.1, 0.15) is 58.1 Å². The van der Waals surface area contributed by atoms with Crippen molar-refractivity contribution in [2.45, 2.75) is 63.1 Å². The van der Waals surface area contributed by atoms with E-state index in [4.69, 9.17) is 0 Å². The van der Waals surface area contributed by atoms with E-state index in [-0.39, 0.29) is 11.3 Å². The Labute approximate surface area is 207 Å². The monoisotopic (exact) mass is 477 g/mol. The van der Waals surface area contributed by atoms with Gasteiger partial charge in [-0.25, -0.2) is 0 Å². The zero-order valence-corrected chi connectivity index (χ0v) is 21.7. The summed E-state index contributed by atoms with van der Waals surface area (Å²) in [6.45, 7) is 6.66. The molecule has 1 fully saturated rings. The Hall–Kier alpha value is -2.80. The number of hydrogen-bond donors (Lipinski definition) is 1. The second kappa shape index (κ2) is 10.2. The molecule has 1 saturated carbocycles. The molecule has 0 spiro atoms. The second-order valence-corrected chi connectivity index (χ2v) is 11.2. The van der Waals surface area contributed by atoms with Gasteiger partial charge in [0.1, 0.15) is 0 Å². The molecule has 7 heteroatoms. The number of rotatable bonds is 7. The molecule has 4 rings (SSSR count). The zero-order valence-electron chi connectivity index (χ0n) is 20.8. The average molecular weight is 478 g/mol. The lowest BCUT2D eigenvalue weighted by Gasteiger charge is -2.20. The van der Waals surface area contributed by atoms with Crippen molar-refractivity contribution in [1.29, 1.82) is 0 Å². The summed E-state index contributed by atoms with van der Waals surface area (Å²) >= 11 is 1.46. The maximum Gasteiger partial charge on any atom is 0.234 e. The van der Waals surface area contributed by atoms with Crippen LogP contribution in [0.4, 0.5) is 11.4 Å². The molecule has 0 atom stereocenters. The Bertz CT molecular complexity index is 1110. The van der Waals surface area contributed by atoms with E-state index >= 15 is 0 Å². The highest BCUT2D eigenvalue weighted by atomic mass is 32.2. The number of aromatic nitrogens is 3. The van der Waals surface area contributed by atoms with Crippen molar-refractivity contribution in [3.05, 3.63) is 54.1 Å². The van der Waals surface area contributed by atoms with Gasteiger partial charge >= 0.3 is 0 Å². The molecule has 0 unspecified atom stereocenters. The lowest BCUT2D eigenvalue weighted by atomic mass is 9.86. The lowest BCUT2D eigenvalue weighted by Crippen LogP contribution is -2.15. The van der Waals surface area contributed by atoms with Crippen molar-refractivity contribution in [2.75, 3.05) is 30.1 Å². The van der Waals surface area contributed by atoms with E-state index in [0.717, 1.165) is 40.8 Å². The van der Waals surface area contributed by atoms with Crippen molar-refractivity contribution >= 4 is 29.0 Å². The van der Waals surface area contributed by atoms with E-state index in [0.29, 0.717) is 11.8 Å². The number of thioether (sulfide) groups is 1. The Balaban J connectivity index is 1.49. The van der Waals surface area contributed by atoms with E-state index in [9.17, 15) is 4.79 Å². The molecule has 180 valence electrons. The molecule has 0 radical (unpaired) electrons. The van der Waals surface area contributed by atoms with Crippen LogP contribution in [-0.4, -0.2) is 40.5 Å². The van der Waals surface area contributed by atoms with Crippen molar-refractivity contribution < 1.29 is 4.79 Å². The quantitative estimate of drug-likeness (QED) is 0.413. The van der Waals surface area contributed by atoms with Gasteiger partial charge in [-0.1, -0.05) is 69.6 Å². The van der Waals surface area contributed by atoms with Gasteiger partial charge in [0.25, 0.3) is 0 Å². The molecule has 34 heavy (non-hydrogen) atoms. The molecule has 3 aromatic rings. The largest absolute Gasteiger partial charge is 0.378 e. The summed E-state index contributed by atoms with van der Waals surface area (Å²) in [4.78, 5) is 14.7. The molecule has 0 saturated heterocycles. The number of nitrogens with one attached hydrogen (secondary N) is 1. The molecular formula is C27H35N5OS. The van der Waals surface area contributed by atoms with Crippen molar-refractivity contribution in [3.8, 4) is 11.4 Å². The average Bonchev–Trinajstić information content (AvgIpc) is 3.47. The first-order valence-electron chi connectivity index (χ1n) is 12.0. The van der Waals surface area contributed by atoms with Gasteiger partial charge in [0.2, 0.25) is 5.91 Å². The maximum absolute atomic E-state index is 12.6. The molecule has 1 aromatic heterocycles. The van der Waals surface area contributed by atoms with Gasteiger partial charge in [-0.15, -0.1) is 10.2 Å². The van der Waals surface area contributed by atoms with E-state index in [1.807, 2.05) is 43.3 Å². The number of nitrogens with zero attached hydrogens (tertiary/aromatic N) is 4. The van der Waals surface area contributed by atoms with Gasteiger partial charge in [-0.3, -0.25) is 9.36 Å². The molecule has 1 N–H and O–H groups in total. The Morgan fingerprint density at radius 3 is 2.26 bits per heavy atom. The summed E-state index contributed by atoms with van der Waals surface area (Å²) in [5, 5.41) is 12.9. The third-order valence-corrected chi connectivity index (χ3v) is 7.31. The zero-order chi connectivity index (χ0) is 24.3. The van der Waals surface area contributed by atoms with Crippen molar-refractivity contribution in [2.24, 2.45) is 0 Å². The molecule has 0 aliphatic heterocycles. The third kappa shape index (κ3) is 5.63.